The highest BCUT2D eigenvalue weighted by Crippen LogP contribution is 1.36. The van der Waals surface area contributed by atoms with Gasteiger partial charge in [0.25, 0.3) is 0 Å². The summed E-state index contributed by atoms with van der Waals surface area (Å²) in [5.74, 6) is 0.167. The van der Waals surface area contributed by atoms with Crippen molar-refractivity contribution in [2.75, 3.05) is 0 Å². The van der Waals surface area contributed by atoms with Gasteiger partial charge in [-0.15, -0.1) is 0 Å². The molecule has 0 atom stereocenters. The highest BCUT2D eigenvalue weighted by atomic mass is 16.0. The summed E-state index contributed by atoms with van der Waals surface area (Å²) in [5, 5.41) is 6.28. The van der Waals surface area contributed by atoms with Crippen LogP contribution in [0.5, 0.6) is 0 Å². The molecule has 0 bridgehead atoms. The molecule has 3 heteroatoms. The third-order valence-electron chi connectivity index (χ3n) is 0. The highest BCUT2D eigenvalue weighted by molar-refractivity contribution is 5.73. The predicted molar refractivity (Wildman–Crippen MR) is 21.2 cm³/mol. The fourth-order valence-corrected chi connectivity index (χ4v) is 0. The number of amidine groups is 1. The topological polar surface area (TPSA) is 81.4 Å². The zero-order valence-electron chi connectivity index (χ0n) is 3.08. The largest absolute Gasteiger partial charge is 0.412 e. The summed E-state index contributed by atoms with van der Waals surface area (Å²) < 4.78 is 0. The standard InChI is InChI=1S/C2H6N2.H2O/c1-2(3)4;/h1H3,(H3,3,4);1H2. The Morgan fingerprint density at radius 2 is 1.80 bits per heavy atom. The number of nitrogens with two attached hydrogens (primary N) is 1. The molecule has 32 valence electrons. The van der Waals surface area contributed by atoms with Crippen LogP contribution in [-0.4, -0.2) is 11.3 Å². The zero-order chi connectivity index (χ0) is 3.58. The van der Waals surface area contributed by atoms with E-state index in [1.54, 1.807) is 0 Å². The lowest BCUT2D eigenvalue weighted by molar-refractivity contribution is 0.824. The predicted octanol–water partition coefficient (Wildman–Crippen LogP) is -0.882. The Hall–Kier alpha value is -0.570. The lowest BCUT2D eigenvalue weighted by atomic mass is 10.8. The highest BCUT2D eigenvalue weighted by Gasteiger charge is 1.53. The molecule has 0 saturated heterocycles. The molecule has 0 unspecified atom stereocenters. The van der Waals surface area contributed by atoms with Crippen molar-refractivity contribution >= 4 is 5.84 Å². The van der Waals surface area contributed by atoms with E-state index in [2.05, 4.69) is 0 Å². The van der Waals surface area contributed by atoms with Crippen LogP contribution in [0.25, 0.3) is 0 Å². The van der Waals surface area contributed by atoms with Crippen LogP contribution in [0.1, 0.15) is 6.92 Å². The van der Waals surface area contributed by atoms with Gasteiger partial charge in [-0.05, 0) is 6.92 Å². The molecule has 0 aromatic heterocycles. The molecule has 0 rings (SSSR count). The van der Waals surface area contributed by atoms with E-state index in [9.17, 15) is 0 Å². The van der Waals surface area contributed by atoms with Crippen molar-refractivity contribution in [1.29, 1.82) is 5.41 Å². The van der Waals surface area contributed by atoms with Crippen molar-refractivity contribution in [1.82, 2.24) is 0 Å². The van der Waals surface area contributed by atoms with Crippen LogP contribution in [0.15, 0.2) is 0 Å². The van der Waals surface area contributed by atoms with Gasteiger partial charge in [-0.1, -0.05) is 0 Å². The van der Waals surface area contributed by atoms with E-state index in [1.165, 1.54) is 6.92 Å². The van der Waals surface area contributed by atoms with Crippen molar-refractivity contribution in [2.24, 2.45) is 5.73 Å². The molecule has 0 heterocycles. The summed E-state index contributed by atoms with van der Waals surface area (Å²) in [6, 6.07) is 0. The van der Waals surface area contributed by atoms with Crippen LogP contribution in [-0.2, 0) is 0 Å². The van der Waals surface area contributed by atoms with Gasteiger partial charge >= 0.3 is 0 Å². The summed E-state index contributed by atoms with van der Waals surface area (Å²) in [5.41, 5.74) is 4.69. The average Bonchev–Trinajstić information content (AvgIpc) is 0.811. The van der Waals surface area contributed by atoms with Crippen LogP contribution >= 0.6 is 0 Å². The fourth-order valence-electron chi connectivity index (χ4n) is 0. The maximum Gasteiger partial charge on any atom is 0.0873 e. The molecule has 0 fully saturated rings. The summed E-state index contributed by atoms with van der Waals surface area (Å²) >= 11 is 0. The van der Waals surface area contributed by atoms with Crippen LogP contribution in [0.3, 0.4) is 0 Å². The van der Waals surface area contributed by atoms with Gasteiger partial charge in [0.1, 0.15) is 0 Å². The third kappa shape index (κ3) is 21.6. The van der Waals surface area contributed by atoms with E-state index in [0.29, 0.717) is 0 Å². The summed E-state index contributed by atoms with van der Waals surface area (Å²) in [7, 11) is 0. The van der Waals surface area contributed by atoms with E-state index in [1.807, 2.05) is 0 Å². The maximum absolute atomic E-state index is 6.28. The minimum absolute atomic E-state index is 0. The van der Waals surface area contributed by atoms with Crippen LogP contribution in [0.2, 0.25) is 0 Å². The second-order valence-corrected chi connectivity index (χ2v) is 0.683. The first-order valence-electron chi connectivity index (χ1n) is 1.04. The fraction of sp³-hybridized carbons (Fsp3) is 0.500. The van der Waals surface area contributed by atoms with Gasteiger partial charge in [0.15, 0.2) is 0 Å². The molecular formula is C2H8N2O. The molecule has 0 aliphatic heterocycles. The van der Waals surface area contributed by atoms with Crippen LogP contribution < -0.4 is 5.73 Å². The van der Waals surface area contributed by atoms with Gasteiger partial charge in [-0.2, -0.15) is 0 Å². The van der Waals surface area contributed by atoms with E-state index >= 15 is 0 Å². The summed E-state index contributed by atoms with van der Waals surface area (Å²) in [6.07, 6.45) is 0. The first-order valence-corrected chi connectivity index (χ1v) is 1.04. The van der Waals surface area contributed by atoms with Crippen molar-refractivity contribution in [3.05, 3.63) is 0 Å². The Labute approximate surface area is 30.6 Å². The van der Waals surface area contributed by atoms with Gasteiger partial charge in [0.05, 0.1) is 5.84 Å². The van der Waals surface area contributed by atoms with Crippen molar-refractivity contribution in [3.63, 3.8) is 0 Å². The molecule has 3 nitrogen and oxygen atoms in total. The van der Waals surface area contributed by atoms with Gasteiger partial charge in [0.2, 0.25) is 0 Å². The smallest absolute Gasteiger partial charge is 0.0873 e. The molecule has 0 aromatic rings. The monoisotopic (exact) mass is 76.1 g/mol. The second kappa shape index (κ2) is 3.43. The molecular weight excluding hydrogens is 68.0 g/mol. The van der Waals surface area contributed by atoms with Crippen LogP contribution in [0.4, 0.5) is 0 Å². The molecule has 5 N–H and O–H groups in total. The molecule has 0 aromatic carbocycles. The minimum atomic E-state index is 0. The third-order valence-corrected chi connectivity index (χ3v) is 0. The van der Waals surface area contributed by atoms with E-state index < -0.39 is 0 Å². The molecule has 0 spiro atoms. The quantitative estimate of drug-likeness (QED) is 0.285. The molecule has 0 aliphatic rings. The SMILES string of the molecule is CC(=N)N.O. The molecule has 0 radical (unpaired) electrons. The van der Waals surface area contributed by atoms with Gasteiger partial charge in [0, 0.05) is 0 Å². The van der Waals surface area contributed by atoms with Gasteiger partial charge < -0.3 is 11.2 Å². The van der Waals surface area contributed by atoms with E-state index in [4.69, 9.17) is 11.1 Å². The summed E-state index contributed by atoms with van der Waals surface area (Å²) in [4.78, 5) is 0. The minimum Gasteiger partial charge on any atom is -0.412 e. The number of hydrogen-bond acceptors (Lipinski definition) is 1. The Balaban J connectivity index is 0. The van der Waals surface area contributed by atoms with Crippen molar-refractivity contribution in [2.45, 2.75) is 6.92 Å². The molecule has 0 saturated carbocycles. The van der Waals surface area contributed by atoms with Crippen molar-refractivity contribution < 1.29 is 5.48 Å². The first-order chi connectivity index (χ1) is 1.73. The Kier molecular flexibility index (Phi) is 6.05. The number of nitrogens with one attached hydrogen (secondary N) is 1. The lowest BCUT2D eigenvalue weighted by Crippen LogP contribution is -2.00. The number of hydrogen-bond donors (Lipinski definition) is 2. The second-order valence-electron chi connectivity index (χ2n) is 0.683. The molecule has 5 heavy (non-hydrogen) atoms. The van der Waals surface area contributed by atoms with Crippen LogP contribution in [0, 0.1) is 5.41 Å². The number of rotatable bonds is 0. The Morgan fingerprint density at radius 1 is 1.80 bits per heavy atom. The summed E-state index contributed by atoms with van der Waals surface area (Å²) in [6.45, 7) is 1.53. The van der Waals surface area contributed by atoms with E-state index in [-0.39, 0.29) is 11.3 Å². The van der Waals surface area contributed by atoms with E-state index in [0.717, 1.165) is 0 Å². The Bertz CT molecular complexity index is 30.6. The van der Waals surface area contributed by atoms with Crippen molar-refractivity contribution in [3.8, 4) is 0 Å². The Morgan fingerprint density at radius 3 is 1.80 bits per heavy atom. The maximum atomic E-state index is 6.28. The van der Waals surface area contributed by atoms with Gasteiger partial charge in [-0.25, -0.2) is 0 Å². The molecule has 0 aliphatic carbocycles. The zero-order valence-corrected chi connectivity index (χ0v) is 3.08. The molecule has 0 amide bonds. The normalized spacial score (nSPS) is 5.00. The average molecular weight is 76.1 g/mol. The lowest BCUT2D eigenvalue weighted by Gasteiger charge is -1.66. The first kappa shape index (κ1) is 8.83. The van der Waals surface area contributed by atoms with Gasteiger partial charge in [-0.3, -0.25) is 5.41 Å².